The third kappa shape index (κ3) is 1.30. The van der Waals surface area contributed by atoms with E-state index in [1.807, 2.05) is 17.8 Å². The number of hydrogen-bond donors (Lipinski definition) is 1. The number of aryl methyl sites for hydroxylation is 1. The maximum absolute atomic E-state index is 13.0. The molecule has 0 fully saturated rings. The van der Waals surface area contributed by atoms with Gasteiger partial charge in [0.1, 0.15) is 5.82 Å². The van der Waals surface area contributed by atoms with Crippen LogP contribution in [0, 0.1) is 5.82 Å². The molecule has 0 aliphatic rings. The van der Waals surface area contributed by atoms with E-state index in [0.717, 1.165) is 16.5 Å². The molecular weight excluding hydrogens is 181 g/mol. The Kier molecular flexibility index (Phi) is 2.04. The summed E-state index contributed by atoms with van der Waals surface area (Å²) >= 11 is 0. The first-order chi connectivity index (χ1) is 6.59. The fourth-order valence-corrected chi connectivity index (χ4v) is 1.73. The van der Waals surface area contributed by atoms with Crippen LogP contribution in [0.5, 0.6) is 0 Å². The first kappa shape index (κ1) is 9.21. The monoisotopic (exact) mass is 193 g/mol. The van der Waals surface area contributed by atoms with Gasteiger partial charge in [-0.1, -0.05) is 0 Å². The van der Waals surface area contributed by atoms with Crippen molar-refractivity contribution in [1.82, 2.24) is 4.57 Å². The van der Waals surface area contributed by atoms with Crippen molar-refractivity contribution in [1.29, 1.82) is 0 Å². The van der Waals surface area contributed by atoms with Crippen LogP contribution < -0.4 is 0 Å². The molecule has 3 heteroatoms. The zero-order chi connectivity index (χ0) is 10.3. The lowest BCUT2D eigenvalue weighted by Gasteiger charge is -2.00. The molecule has 1 atom stereocenters. The van der Waals surface area contributed by atoms with Gasteiger partial charge in [0.05, 0.1) is 6.10 Å². The van der Waals surface area contributed by atoms with Gasteiger partial charge in [0.2, 0.25) is 0 Å². The molecule has 1 aromatic heterocycles. The highest BCUT2D eigenvalue weighted by Crippen LogP contribution is 2.26. The third-order valence-electron chi connectivity index (χ3n) is 2.43. The number of aliphatic hydroxyl groups excluding tert-OH is 1. The van der Waals surface area contributed by atoms with Crippen molar-refractivity contribution in [3.05, 3.63) is 35.8 Å². The topological polar surface area (TPSA) is 25.2 Å². The molecule has 14 heavy (non-hydrogen) atoms. The molecule has 0 bridgehead atoms. The van der Waals surface area contributed by atoms with Gasteiger partial charge >= 0.3 is 0 Å². The maximum Gasteiger partial charge on any atom is 0.123 e. The number of benzene rings is 1. The molecule has 0 saturated carbocycles. The molecule has 1 aromatic carbocycles. The summed E-state index contributed by atoms with van der Waals surface area (Å²) in [5.41, 5.74) is 1.70. The van der Waals surface area contributed by atoms with Crippen LogP contribution in [0.3, 0.4) is 0 Å². The molecule has 0 amide bonds. The highest BCUT2D eigenvalue weighted by molar-refractivity contribution is 5.84. The van der Waals surface area contributed by atoms with Crippen molar-refractivity contribution >= 4 is 10.9 Å². The number of fused-ring (bicyclic) bond motifs is 1. The molecule has 0 aliphatic heterocycles. The van der Waals surface area contributed by atoms with Gasteiger partial charge in [0, 0.05) is 29.7 Å². The lowest BCUT2D eigenvalue weighted by molar-refractivity contribution is 0.200. The molecule has 2 nitrogen and oxygen atoms in total. The molecular formula is C11H12FNO. The summed E-state index contributed by atoms with van der Waals surface area (Å²) in [4.78, 5) is 0. The van der Waals surface area contributed by atoms with E-state index in [1.165, 1.54) is 12.1 Å². The van der Waals surface area contributed by atoms with Gasteiger partial charge in [0.15, 0.2) is 0 Å². The van der Waals surface area contributed by atoms with E-state index in [0.29, 0.717) is 0 Å². The highest BCUT2D eigenvalue weighted by Gasteiger charge is 2.10. The fourth-order valence-electron chi connectivity index (χ4n) is 1.73. The number of aliphatic hydroxyl groups is 1. The Bertz CT molecular complexity index is 473. The Morgan fingerprint density at radius 1 is 1.43 bits per heavy atom. The minimum Gasteiger partial charge on any atom is -0.389 e. The second kappa shape index (κ2) is 3.10. The van der Waals surface area contributed by atoms with Crippen LogP contribution >= 0.6 is 0 Å². The zero-order valence-corrected chi connectivity index (χ0v) is 8.16. The molecule has 0 radical (unpaired) electrons. The van der Waals surface area contributed by atoms with E-state index in [1.54, 1.807) is 13.0 Å². The van der Waals surface area contributed by atoms with E-state index in [4.69, 9.17) is 0 Å². The van der Waals surface area contributed by atoms with Crippen LogP contribution in [0.1, 0.15) is 18.6 Å². The van der Waals surface area contributed by atoms with E-state index in [-0.39, 0.29) is 5.82 Å². The molecule has 1 N–H and O–H groups in total. The predicted octanol–water partition coefficient (Wildman–Crippen LogP) is 2.37. The first-order valence-electron chi connectivity index (χ1n) is 4.52. The normalized spacial score (nSPS) is 13.4. The van der Waals surface area contributed by atoms with E-state index >= 15 is 0 Å². The smallest absolute Gasteiger partial charge is 0.123 e. The molecule has 74 valence electrons. The predicted molar refractivity (Wildman–Crippen MR) is 53.5 cm³/mol. The molecule has 1 heterocycles. The number of hydrogen-bond acceptors (Lipinski definition) is 1. The number of halogens is 1. The highest BCUT2D eigenvalue weighted by atomic mass is 19.1. The quantitative estimate of drug-likeness (QED) is 0.739. The Hall–Kier alpha value is -1.35. The first-order valence-corrected chi connectivity index (χ1v) is 4.52. The van der Waals surface area contributed by atoms with Crippen LogP contribution in [0.4, 0.5) is 4.39 Å². The van der Waals surface area contributed by atoms with Gasteiger partial charge < -0.3 is 9.67 Å². The molecule has 1 unspecified atom stereocenters. The summed E-state index contributed by atoms with van der Waals surface area (Å²) in [6.45, 7) is 1.68. The summed E-state index contributed by atoms with van der Waals surface area (Å²) < 4.78 is 14.9. The van der Waals surface area contributed by atoms with Crippen LogP contribution in [-0.4, -0.2) is 9.67 Å². The van der Waals surface area contributed by atoms with E-state index < -0.39 is 6.10 Å². The zero-order valence-electron chi connectivity index (χ0n) is 8.16. The van der Waals surface area contributed by atoms with E-state index in [9.17, 15) is 9.50 Å². The molecule has 0 saturated heterocycles. The summed E-state index contributed by atoms with van der Waals surface area (Å²) in [6, 6.07) is 4.60. The SMILES string of the molecule is CC(O)c1cn(C)c2ccc(F)cc12. The minimum absolute atomic E-state index is 0.273. The minimum atomic E-state index is -0.569. The summed E-state index contributed by atoms with van der Waals surface area (Å²) in [5, 5.41) is 10.3. The van der Waals surface area contributed by atoms with Crippen molar-refractivity contribution in [3.63, 3.8) is 0 Å². The summed E-state index contributed by atoms with van der Waals surface area (Å²) in [5.74, 6) is -0.273. The number of rotatable bonds is 1. The molecule has 0 spiro atoms. The Morgan fingerprint density at radius 2 is 2.14 bits per heavy atom. The van der Waals surface area contributed by atoms with Crippen LogP contribution in [-0.2, 0) is 7.05 Å². The van der Waals surface area contributed by atoms with Crippen LogP contribution in [0.2, 0.25) is 0 Å². The van der Waals surface area contributed by atoms with Gasteiger partial charge in [-0.25, -0.2) is 4.39 Å². The van der Waals surface area contributed by atoms with Crippen LogP contribution in [0.25, 0.3) is 10.9 Å². The number of nitrogens with zero attached hydrogens (tertiary/aromatic N) is 1. The second-order valence-corrected chi connectivity index (χ2v) is 3.53. The van der Waals surface area contributed by atoms with Crippen molar-refractivity contribution in [2.45, 2.75) is 13.0 Å². The molecule has 0 aliphatic carbocycles. The van der Waals surface area contributed by atoms with Gasteiger partial charge in [-0.05, 0) is 25.1 Å². The van der Waals surface area contributed by atoms with Crippen molar-refractivity contribution in [2.75, 3.05) is 0 Å². The van der Waals surface area contributed by atoms with Crippen molar-refractivity contribution in [3.8, 4) is 0 Å². The van der Waals surface area contributed by atoms with Crippen molar-refractivity contribution in [2.24, 2.45) is 7.05 Å². The van der Waals surface area contributed by atoms with Crippen LogP contribution in [0.15, 0.2) is 24.4 Å². The number of aromatic nitrogens is 1. The van der Waals surface area contributed by atoms with Gasteiger partial charge in [-0.3, -0.25) is 0 Å². The Balaban J connectivity index is 2.79. The standard InChI is InChI=1S/C11H12FNO/c1-7(14)10-6-13(2)11-4-3-8(12)5-9(10)11/h3-7,14H,1-2H3. The lowest BCUT2D eigenvalue weighted by Crippen LogP contribution is -1.88. The second-order valence-electron chi connectivity index (χ2n) is 3.53. The summed E-state index contributed by atoms with van der Waals surface area (Å²) in [7, 11) is 1.88. The molecule has 2 aromatic rings. The largest absolute Gasteiger partial charge is 0.389 e. The molecule has 2 rings (SSSR count). The third-order valence-corrected chi connectivity index (χ3v) is 2.43. The van der Waals surface area contributed by atoms with Gasteiger partial charge in [0.25, 0.3) is 0 Å². The average molecular weight is 193 g/mol. The van der Waals surface area contributed by atoms with Crippen molar-refractivity contribution < 1.29 is 9.50 Å². The maximum atomic E-state index is 13.0. The Morgan fingerprint density at radius 3 is 2.79 bits per heavy atom. The summed E-state index contributed by atoms with van der Waals surface area (Å²) in [6.07, 6.45) is 1.26. The van der Waals surface area contributed by atoms with Gasteiger partial charge in [-0.2, -0.15) is 0 Å². The fraction of sp³-hybridized carbons (Fsp3) is 0.273. The van der Waals surface area contributed by atoms with Gasteiger partial charge in [-0.15, -0.1) is 0 Å². The lowest BCUT2D eigenvalue weighted by atomic mass is 10.1. The Labute approximate surface area is 81.6 Å². The van der Waals surface area contributed by atoms with E-state index in [2.05, 4.69) is 0 Å². The average Bonchev–Trinajstić information content (AvgIpc) is 2.43.